The van der Waals surface area contributed by atoms with E-state index in [4.69, 9.17) is 12.2 Å². The molecule has 0 aliphatic rings. The molecule has 0 heterocycles. The van der Waals surface area contributed by atoms with Crippen LogP contribution in [0.1, 0.15) is 24.2 Å². The van der Waals surface area contributed by atoms with Crippen LogP contribution in [0, 0.1) is 5.92 Å². The smallest absolute Gasteiger partial charge is 0.257 e. The maximum Gasteiger partial charge on any atom is 0.257 e. The molecule has 2 amide bonds. The SMILES string of the molecule is CC(C)C(=O)Nc1ccc(NC(=S)NC(=O)c2ccc3ccccc3c2)cc1. The molecular formula is C22H21N3O2S. The summed E-state index contributed by atoms with van der Waals surface area (Å²) in [7, 11) is 0. The van der Waals surface area contributed by atoms with Gasteiger partial charge in [-0.15, -0.1) is 0 Å². The average molecular weight is 391 g/mol. The fourth-order valence-corrected chi connectivity index (χ4v) is 2.80. The summed E-state index contributed by atoms with van der Waals surface area (Å²) < 4.78 is 0. The molecular weight excluding hydrogens is 370 g/mol. The molecule has 3 N–H and O–H groups in total. The second kappa shape index (κ2) is 8.63. The van der Waals surface area contributed by atoms with Crippen molar-refractivity contribution in [3.05, 3.63) is 72.3 Å². The number of rotatable bonds is 4. The first-order valence-electron chi connectivity index (χ1n) is 8.94. The van der Waals surface area contributed by atoms with Gasteiger partial charge in [-0.25, -0.2) is 0 Å². The van der Waals surface area contributed by atoms with Gasteiger partial charge in [0.2, 0.25) is 5.91 Å². The molecule has 3 aromatic carbocycles. The van der Waals surface area contributed by atoms with Crippen LogP contribution in [0.2, 0.25) is 0 Å². The fourth-order valence-electron chi connectivity index (χ4n) is 2.59. The first-order valence-corrected chi connectivity index (χ1v) is 9.35. The third-order valence-corrected chi connectivity index (χ3v) is 4.38. The molecule has 3 aromatic rings. The Morgan fingerprint density at radius 3 is 2.07 bits per heavy atom. The minimum Gasteiger partial charge on any atom is -0.332 e. The molecule has 0 aliphatic heterocycles. The number of nitrogens with one attached hydrogen (secondary N) is 3. The fraction of sp³-hybridized carbons (Fsp3) is 0.136. The normalized spacial score (nSPS) is 10.5. The topological polar surface area (TPSA) is 70.2 Å². The van der Waals surface area contributed by atoms with Crippen molar-refractivity contribution < 1.29 is 9.59 Å². The Kier molecular flexibility index (Phi) is 6.01. The van der Waals surface area contributed by atoms with Gasteiger partial charge in [0.15, 0.2) is 5.11 Å². The first kappa shape index (κ1) is 19.5. The second-order valence-electron chi connectivity index (χ2n) is 6.69. The van der Waals surface area contributed by atoms with Crippen molar-refractivity contribution in [2.75, 3.05) is 10.6 Å². The summed E-state index contributed by atoms with van der Waals surface area (Å²) >= 11 is 5.23. The van der Waals surface area contributed by atoms with Gasteiger partial charge in [0.05, 0.1) is 0 Å². The number of fused-ring (bicyclic) bond motifs is 1. The minimum absolute atomic E-state index is 0.0427. The van der Waals surface area contributed by atoms with E-state index in [1.165, 1.54) is 0 Å². The molecule has 0 spiro atoms. The molecule has 0 aliphatic carbocycles. The van der Waals surface area contributed by atoms with Crippen molar-refractivity contribution >= 4 is 51.3 Å². The van der Waals surface area contributed by atoms with Crippen LogP contribution >= 0.6 is 12.2 Å². The van der Waals surface area contributed by atoms with Crippen LogP contribution in [-0.4, -0.2) is 16.9 Å². The second-order valence-corrected chi connectivity index (χ2v) is 7.10. The largest absolute Gasteiger partial charge is 0.332 e. The third-order valence-electron chi connectivity index (χ3n) is 4.17. The average Bonchev–Trinajstić information content (AvgIpc) is 2.68. The van der Waals surface area contributed by atoms with E-state index in [1.807, 2.05) is 50.2 Å². The van der Waals surface area contributed by atoms with Crippen molar-refractivity contribution in [2.45, 2.75) is 13.8 Å². The molecule has 28 heavy (non-hydrogen) atoms. The van der Waals surface area contributed by atoms with Gasteiger partial charge in [-0.2, -0.15) is 0 Å². The maximum absolute atomic E-state index is 12.4. The highest BCUT2D eigenvalue weighted by molar-refractivity contribution is 7.80. The number of hydrogen-bond acceptors (Lipinski definition) is 3. The summed E-state index contributed by atoms with van der Waals surface area (Å²) in [5, 5.41) is 10.7. The highest BCUT2D eigenvalue weighted by atomic mass is 32.1. The molecule has 0 saturated heterocycles. The minimum atomic E-state index is -0.274. The van der Waals surface area contributed by atoms with Gasteiger partial charge in [0, 0.05) is 22.9 Å². The highest BCUT2D eigenvalue weighted by Gasteiger charge is 2.10. The zero-order valence-electron chi connectivity index (χ0n) is 15.7. The van der Waals surface area contributed by atoms with Gasteiger partial charge in [-0.1, -0.05) is 44.2 Å². The summed E-state index contributed by atoms with van der Waals surface area (Å²) in [5.74, 6) is -0.404. The predicted octanol–water partition coefficient (Wildman–Crippen LogP) is 4.56. The number of carbonyl (C=O) groups excluding carboxylic acids is 2. The molecule has 0 saturated carbocycles. The van der Waals surface area contributed by atoms with Crippen molar-refractivity contribution in [3.8, 4) is 0 Å². The lowest BCUT2D eigenvalue weighted by Crippen LogP contribution is -2.34. The van der Waals surface area contributed by atoms with Crippen molar-refractivity contribution in [1.29, 1.82) is 0 Å². The van der Waals surface area contributed by atoms with Crippen LogP contribution in [0.15, 0.2) is 66.7 Å². The van der Waals surface area contributed by atoms with E-state index in [1.54, 1.807) is 30.3 Å². The maximum atomic E-state index is 12.4. The summed E-state index contributed by atoms with van der Waals surface area (Å²) in [4.78, 5) is 24.2. The van der Waals surface area contributed by atoms with Gasteiger partial charge < -0.3 is 10.6 Å². The molecule has 142 valence electrons. The van der Waals surface area contributed by atoms with E-state index in [9.17, 15) is 9.59 Å². The van der Waals surface area contributed by atoms with Gasteiger partial charge in [-0.3, -0.25) is 14.9 Å². The molecule has 6 heteroatoms. The van der Waals surface area contributed by atoms with Crippen LogP contribution in [0.4, 0.5) is 11.4 Å². The number of benzene rings is 3. The number of thiocarbonyl (C=S) groups is 1. The van der Waals surface area contributed by atoms with E-state index in [0.717, 1.165) is 10.8 Å². The van der Waals surface area contributed by atoms with E-state index in [0.29, 0.717) is 16.9 Å². The summed E-state index contributed by atoms with van der Waals surface area (Å²) in [6.07, 6.45) is 0. The Morgan fingerprint density at radius 2 is 1.43 bits per heavy atom. The van der Waals surface area contributed by atoms with Crippen molar-refractivity contribution in [3.63, 3.8) is 0 Å². The number of amides is 2. The van der Waals surface area contributed by atoms with Crippen LogP contribution in [-0.2, 0) is 4.79 Å². The zero-order valence-corrected chi connectivity index (χ0v) is 16.5. The standard InChI is InChI=1S/C22H21N3O2S/c1-14(2)20(26)23-18-9-11-19(12-10-18)24-22(28)25-21(27)17-8-7-15-5-3-4-6-16(15)13-17/h3-14H,1-2H3,(H,23,26)(H2,24,25,27,28). The van der Waals surface area contributed by atoms with E-state index in [2.05, 4.69) is 16.0 Å². The summed E-state index contributed by atoms with van der Waals surface area (Å²) in [6, 6.07) is 20.5. The molecule has 5 nitrogen and oxygen atoms in total. The summed E-state index contributed by atoms with van der Waals surface area (Å²) in [6.45, 7) is 3.67. The molecule has 0 unspecified atom stereocenters. The van der Waals surface area contributed by atoms with E-state index >= 15 is 0 Å². The first-order chi connectivity index (χ1) is 13.4. The number of anilines is 2. The molecule has 3 rings (SSSR count). The third kappa shape index (κ3) is 4.92. The lowest BCUT2D eigenvalue weighted by Gasteiger charge is -2.11. The monoisotopic (exact) mass is 391 g/mol. The van der Waals surface area contributed by atoms with Gasteiger partial charge >= 0.3 is 0 Å². The van der Waals surface area contributed by atoms with Crippen LogP contribution in [0.25, 0.3) is 10.8 Å². The van der Waals surface area contributed by atoms with Crippen LogP contribution in [0.5, 0.6) is 0 Å². The molecule has 0 bridgehead atoms. The number of hydrogen-bond donors (Lipinski definition) is 3. The molecule has 0 fully saturated rings. The Balaban J connectivity index is 1.59. The summed E-state index contributed by atoms with van der Waals surface area (Å²) in [5.41, 5.74) is 1.95. The predicted molar refractivity (Wildman–Crippen MR) is 118 cm³/mol. The molecule has 0 atom stereocenters. The quantitative estimate of drug-likeness (QED) is 0.570. The molecule has 0 radical (unpaired) electrons. The Morgan fingerprint density at radius 1 is 0.821 bits per heavy atom. The van der Waals surface area contributed by atoms with Crippen LogP contribution < -0.4 is 16.0 Å². The molecule has 0 aromatic heterocycles. The van der Waals surface area contributed by atoms with Gasteiger partial charge in [0.1, 0.15) is 0 Å². The highest BCUT2D eigenvalue weighted by Crippen LogP contribution is 2.16. The van der Waals surface area contributed by atoms with Gasteiger partial charge in [0.25, 0.3) is 5.91 Å². The van der Waals surface area contributed by atoms with E-state index in [-0.39, 0.29) is 22.8 Å². The Hall–Kier alpha value is -3.25. The lowest BCUT2D eigenvalue weighted by atomic mass is 10.1. The Labute approximate surface area is 169 Å². The Bertz CT molecular complexity index is 1030. The van der Waals surface area contributed by atoms with Crippen molar-refractivity contribution in [1.82, 2.24) is 5.32 Å². The zero-order chi connectivity index (χ0) is 20.1. The lowest BCUT2D eigenvalue weighted by molar-refractivity contribution is -0.118. The van der Waals surface area contributed by atoms with E-state index < -0.39 is 0 Å². The van der Waals surface area contributed by atoms with Crippen LogP contribution in [0.3, 0.4) is 0 Å². The van der Waals surface area contributed by atoms with Gasteiger partial charge in [-0.05, 0) is 59.4 Å². The number of carbonyl (C=O) groups is 2. The van der Waals surface area contributed by atoms with Crippen molar-refractivity contribution in [2.24, 2.45) is 5.92 Å².